The van der Waals surface area contributed by atoms with E-state index in [9.17, 15) is 9.69 Å². The molecule has 0 bridgehead atoms. The van der Waals surface area contributed by atoms with Gasteiger partial charge in [0, 0.05) is 31.2 Å². The molecule has 0 radical (unpaired) electrons. The first-order chi connectivity index (χ1) is 22.6. The molecule has 2 N–H and O–H groups in total. The topological polar surface area (TPSA) is 90.1 Å². The normalized spacial score (nSPS) is 12.6. The molecule has 9 heteroatoms. The standard InChI is InChI=1S/C37H55N2O6P/c1-3-4-5-6-7-8-9-10-11-12-13-14-15-20-27-38-37(40)43-30-34(42-2)31-44-46(41)45-36-26-19-17-23-33(36)29-39-28-21-24-32-22-16-18-25-35(32)39/h16-19,21-26,28,34,41H,3-15,20,27,29-31H2,1-2H3/p+1. The molecule has 2 unspecified atom stereocenters. The highest BCUT2D eigenvalue weighted by atomic mass is 31.2. The minimum absolute atomic E-state index is 0.0125. The highest BCUT2D eigenvalue weighted by Crippen LogP contribution is 2.36. The molecule has 0 aliphatic carbocycles. The van der Waals surface area contributed by atoms with Crippen LogP contribution in [0, 0.1) is 0 Å². The number of benzene rings is 2. The molecule has 1 aromatic heterocycles. The van der Waals surface area contributed by atoms with Gasteiger partial charge in [-0.15, -0.1) is 0 Å². The number of ether oxygens (including phenoxy) is 2. The molecule has 0 aliphatic heterocycles. The van der Waals surface area contributed by atoms with Crippen molar-refractivity contribution in [3.63, 3.8) is 0 Å². The van der Waals surface area contributed by atoms with Crippen LogP contribution in [0.25, 0.3) is 10.9 Å². The van der Waals surface area contributed by atoms with Crippen molar-refractivity contribution in [2.24, 2.45) is 0 Å². The summed E-state index contributed by atoms with van der Waals surface area (Å²) in [5.74, 6) is 0.546. The van der Waals surface area contributed by atoms with Gasteiger partial charge in [-0.3, -0.25) is 4.52 Å². The number of fused-ring (bicyclic) bond motifs is 1. The van der Waals surface area contributed by atoms with Gasteiger partial charge in [-0.1, -0.05) is 115 Å². The molecule has 1 heterocycles. The Balaban J connectivity index is 1.24. The predicted molar refractivity (Wildman–Crippen MR) is 186 cm³/mol. The summed E-state index contributed by atoms with van der Waals surface area (Å²) in [6, 6.07) is 19.9. The van der Waals surface area contributed by atoms with Crippen LogP contribution in [0.5, 0.6) is 5.75 Å². The lowest BCUT2D eigenvalue weighted by atomic mass is 10.0. The van der Waals surface area contributed by atoms with Crippen molar-refractivity contribution in [2.75, 3.05) is 26.9 Å². The lowest BCUT2D eigenvalue weighted by Crippen LogP contribution is -2.34. The van der Waals surface area contributed by atoms with E-state index in [1.807, 2.05) is 48.7 Å². The second-order valence-corrected chi connectivity index (χ2v) is 12.8. The zero-order valence-corrected chi connectivity index (χ0v) is 28.9. The molecule has 0 aliphatic rings. The molecule has 8 nitrogen and oxygen atoms in total. The van der Waals surface area contributed by atoms with Gasteiger partial charge in [0.05, 0.1) is 12.2 Å². The van der Waals surface area contributed by atoms with E-state index in [0.29, 0.717) is 18.8 Å². The van der Waals surface area contributed by atoms with E-state index in [1.165, 1.54) is 84.2 Å². The number of amides is 1. The van der Waals surface area contributed by atoms with E-state index in [-0.39, 0.29) is 13.2 Å². The van der Waals surface area contributed by atoms with Crippen LogP contribution in [0.3, 0.4) is 0 Å². The van der Waals surface area contributed by atoms with Gasteiger partial charge < -0.3 is 24.2 Å². The third-order valence-corrected chi connectivity index (χ3v) is 8.90. The van der Waals surface area contributed by atoms with E-state index in [1.54, 1.807) is 0 Å². The van der Waals surface area contributed by atoms with Gasteiger partial charge in [0.25, 0.3) is 0 Å². The molecule has 3 rings (SSSR count). The van der Waals surface area contributed by atoms with E-state index in [4.69, 9.17) is 18.5 Å². The molecular weight excluding hydrogens is 599 g/mol. The lowest BCUT2D eigenvalue weighted by molar-refractivity contribution is -0.662. The first-order valence-corrected chi connectivity index (χ1v) is 18.4. The number of carbonyl (C=O) groups is 1. The fourth-order valence-corrected chi connectivity index (χ4v) is 6.13. The maximum Gasteiger partial charge on any atom is 0.407 e. The van der Waals surface area contributed by atoms with Crippen molar-refractivity contribution in [1.82, 2.24) is 5.32 Å². The number of alkyl carbamates (subject to hydrolysis) is 1. The Kier molecular flexibility index (Phi) is 19.3. The summed E-state index contributed by atoms with van der Waals surface area (Å²) in [4.78, 5) is 22.7. The van der Waals surface area contributed by atoms with Crippen LogP contribution in [-0.4, -0.2) is 44.0 Å². The average molecular weight is 656 g/mol. The van der Waals surface area contributed by atoms with Crippen LogP contribution < -0.4 is 14.4 Å². The summed E-state index contributed by atoms with van der Waals surface area (Å²) < 4.78 is 24.2. The zero-order chi connectivity index (χ0) is 32.7. The average Bonchev–Trinajstić information content (AvgIpc) is 3.07. The number of hydrogen-bond donors (Lipinski definition) is 2. The Morgan fingerprint density at radius 1 is 0.804 bits per heavy atom. The van der Waals surface area contributed by atoms with E-state index >= 15 is 0 Å². The van der Waals surface area contributed by atoms with Crippen LogP contribution in [0.4, 0.5) is 4.79 Å². The molecule has 2 atom stereocenters. The number of para-hydroxylation sites is 2. The number of rotatable bonds is 25. The highest BCUT2D eigenvalue weighted by Gasteiger charge is 2.19. The molecule has 3 aromatic rings. The minimum Gasteiger partial charge on any atom is -0.447 e. The Morgan fingerprint density at radius 3 is 2.11 bits per heavy atom. The maximum atomic E-state index is 12.1. The summed E-state index contributed by atoms with van der Waals surface area (Å²) in [5, 5.41) is 3.96. The van der Waals surface area contributed by atoms with Crippen molar-refractivity contribution in [2.45, 2.75) is 109 Å². The first kappa shape index (κ1) is 37.7. The number of carbonyl (C=O) groups excluding carboxylic acids is 1. The summed E-state index contributed by atoms with van der Waals surface area (Å²) in [6.45, 7) is 3.47. The Morgan fingerprint density at radius 2 is 1.41 bits per heavy atom. The Labute approximate surface area is 277 Å². The van der Waals surface area contributed by atoms with Crippen molar-refractivity contribution in [3.8, 4) is 5.75 Å². The lowest BCUT2D eigenvalue weighted by Gasteiger charge is -2.18. The molecule has 1 amide bonds. The highest BCUT2D eigenvalue weighted by molar-refractivity contribution is 7.41. The molecular formula is C37H56N2O6P+. The van der Waals surface area contributed by atoms with Gasteiger partial charge in [0.1, 0.15) is 18.5 Å². The zero-order valence-electron chi connectivity index (χ0n) is 28.0. The summed E-state index contributed by atoms with van der Waals surface area (Å²) in [5.41, 5.74) is 2.02. The number of pyridine rings is 1. The summed E-state index contributed by atoms with van der Waals surface area (Å²) in [7, 11) is -0.703. The van der Waals surface area contributed by atoms with Crippen LogP contribution in [0.15, 0.2) is 66.9 Å². The number of nitrogens with zero attached hydrogens (tertiary/aromatic N) is 1. The van der Waals surface area contributed by atoms with Gasteiger partial charge in [0.15, 0.2) is 12.7 Å². The van der Waals surface area contributed by atoms with Gasteiger partial charge in [-0.05, 0) is 30.7 Å². The maximum absolute atomic E-state index is 12.1. The summed E-state index contributed by atoms with van der Waals surface area (Å²) >= 11 is 0. The SMILES string of the molecule is CCCCCCCCCCCCCCCCNC(=O)OCC(COP(O)Oc1ccccc1C[n+]1cccc2ccccc21)OC. The second kappa shape index (κ2) is 23.5. The molecule has 46 heavy (non-hydrogen) atoms. The van der Waals surface area contributed by atoms with Crippen LogP contribution in [-0.2, 0) is 20.5 Å². The molecule has 254 valence electrons. The Bertz CT molecular complexity index is 1240. The van der Waals surface area contributed by atoms with Gasteiger partial charge in [0.2, 0.25) is 5.52 Å². The van der Waals surface area contributed by atoms with Crippen molar-refractivity contribution >= 4 is 25.6 Å². The van der Waals surface area contributed by atoms with Crippen LogP contribution >= 0.6 is 8.60 Å². The number of aromatic nitrogens is 1. The molecule has 0 fully saturated rings. The van der Waals surface area contributed by atoms with Crippen molar-refractivity contribution < 1.29 is 32.8 Å². The first-order valence-electron chi connectivity index (χ1n) is 17.3. The summed E-state index contributed by atoms with van der Waals surface area (Å²) in [6.07, 6.45) is 19.2. The number of unbranched alkanes of at least 4 members (excludes halogenated alkanes) is 13. The molecule has 2 aromatic carbocycles. The van der Waals surface area contributed by atoms with Gasteiger partial charge in [-0.2, -0.15) is 4.57 Å². The second-order valence-electron chi connectivity index (χ2n) is 11.9. The van der Waals surface area contributed by atoms with Crippen LogP contribution in [0.1, 0.15) is 102 Å². The van der Waals surface area contributed by atoms with Crippen molar-refractivity contribution in [1.29, 1.82) is 0 Å². The largest absolute Gasteiger partial charge is 0.447 e. The molecule has 0 spiro atoms. The predicted octanol–water partition coefficient (Wildman–Crippen LogP) is 9.01. The number of nitrogens with one attached hydrogen (secondary N) is 1. The van der Waals surface area contributed by atoms with E-state index in [2.05, 4.69) is 35.0 Å². The number of hydrogen-bond acceptors (Lipinski definition) is 6. The number of methoxy groups -OCH3 is 1. The smallest absolute Gasteiger partial charge is 0.407 e. The minimum atomic E-state index is -2.22. The molecule has 0 saturated carbocycles. The third-order valence-electron chi connectivity index (χ3n) is 8.18. The van der Waals surface area contributed by atoms with E-state index < -0.39 is 20.8 Å². The van der Waals surface area contributed by atoms with Gasteiger partial charge in [-0.25, -0.2) is 4.79 Å². The quantitative estimate of drug-likeness (QED) is 0.0538. The fraction of sp³-hybridized carbons (Fsp3) is 0.568. The van der Waals surface area contributed by atoms with E-state index in [0.717, 1.165) is 29.3 Å². The third kappa shape index (κ3) is 15.2. The van der Waals surface area contributed by atoms with Crippen LogP contribution in [0.2, 0.25) is 0 Å². The van der Waals surface area contributed by atoms with Gasteiger partial charge >= 0.3 is 14.7 Å². The van der Waals surface area contributed by atoms with Crippen molar-refractivity contribution in [3.05, 3.63) is 72.4 Å². The monoisotopic (exact) mass is 655 g/mol. The molecule has 0 saturated heterocycles. The fourth-order valence-electron chi connectivity index (χ4n) is 5.44. The Hall–Kier alpha value is -2.77.